The summed E-state index contributed by atoms with van der Waals surface area (Å²) in [5.74, 6) is 0. The van der Waals surface area contributed by atoms with Crippen LogP contribution >= 0.6 is 0 Å². The van der Waals surface area contributed by atoms with E-state index in [1.54, 1.807) is 12.1 Å². The minimum Gasteiger partial charge on any atom is -0.305 e. The summed E-state index contributed by atoms with van der Waals surface area (Å²) in [5.41, 5.74) is 2.40. The smallest absolute Gasteiger partial charge is 0.270 e. The van der Waals surface area contributed by atoms with Crippen molar-refractivity contribution >= 4 is 18.9 Å². The van der Waals surface area contributed by atoms with Gasteiger partial charge in [-0.15, -0.1) is 0 Å². The van der Waals surface area contributed by atoms with Crippen molar-refractivity contribution in [3.05, 3.63) is 33.4 Å². The Morgan fingerprint density at radius 2 is 1.38 bits per heavy atom. The molecule has 1 aromatic rings. The summed E-state index contributed by atoms with van der Waals surface area (Å²) in [6, 6.07) is 3.51. The predicted octanol–water partition coefficient (Wildman–Crippen LogP) is 2.26. The third-order valence-electron chi connectivity index (χ3n) is 3.22. The third kappa shape index (κ3) is 4.91. The minimum atomic E-state index is -1.59. The van der Waals surface area contributed by atoms with Crippen molar-refractivity contribution in [2.24, 2.45) is 0 Å². The molecule has 0 fully saturated rings. The third-order valence-corrected chi connectivity index (χ3v) is 5.36. The molecule has 0 N–H and O–H groups in total. The van der Waals surface area contributed by atoms with E-state index in [2.05, 4.69) is 29.4 Å². The summed E-state index contributed by atoms with van der Waals surface area (Å²) in [6.07, 6.45) is 0. The molecule has 0 atom stereocenters. The average molecular weight is 309 g/mol. The zero-order chi connectivity index (χ0) is 16.4. The Balaban J connectivity index is 3.56. The van der Waals surface area contributed by atoms with Gasteiger partial charge in [-0.05, 0) is 39.3 Å². The van der Waals surface area contributed by atoms with Gasteiger partial charge in [0.2, 0.25) is 0 Å². The van der Waals surface area contributed by atoms with Crippen LogP contribution in [-0.2, 0) is 13.1 Å². The van der Waals surface area contributed by atoms with Crippen LogP contribution in [0.3, 0.4) is 0 Å². The van der Waals surface area contributed by atoms with E-state index in [0.29, 0.717) is 0 Å². The maximum absolute atomic E-state index is 11.2. The Labute approximate surface area is 128 Å². The fourth-order valence-electron chi connectivity index (χ4n) is 2.75. The largest absolute Gasteiger partial charge is 0.305 e. The molecule has 6 heteroatoms. The Morgan fingerprint density at radius 3 is 1.62 bits per heavy atom. The fourth-order valence-corrected chi connectivity index (χ4v) is 4.98. The molecule has 0 radical (unpaired) electrons. The summed E-state index contributed by atoms with van der Waals surface area (Å²) >= 11 is 0. The van der Waals surface area contributed by atoms with Gasteiger partial charge in [0.25, 0.3) is 5.69 Å². The van der Waals surface area contributed by atoms with Crippen molar-refractivity contribution in [3.8, 4) is 0 Å². The van der Waals surface area contributed by atoms with Gasteiger partial charge in [-0.25, -0.2) is 0 Å². The lowest BCUT2D eigenvalue weighted by Crippen LogP contribution is -2.44. The summed E-state index contributed by atoms with van der Waals surface area (Å²) < 4.78 is 0. The lowest BCUT2D eigenvalue weighted by atomic mass is 10.1. The highest BCUT2D eigenvalue weighted by molar-refractivity contribution is 6.89. The summed E-state index contributed by atoms with van der Waals surface area (Å²) in [7, 11) is 6.40. The number of hydrogen-bond donors (Lipinski definition) is 0. The van der Waals surface area contributed by atoms with E-state index >= 15 is 0 Å². The van der Waals surface area contributed by atoms with Gasteiger partial charge in [0.05, 0.1) is 13.0 Å². The standard InChI is InChI=1S/C15H27N3O2Si/c1-16(2)10-12-8-14(18(19)20)9-13(11-17(3)4)15(12)21(5,6)7/h8-9H,10-11H2,1-7H3. The average Bonchev–Trinajstić information content (AvgIpc) is 2.24. The summed E-state index contributed by atoms with van der Waals surface area (Å²) in [4.78, 5) is 15.1. The van der Waals surface area contributed by atoms with Gasteiger partial charge in [-0.3, -0.25) is 10.1 Å². The number of non-ortho nitro benzene ring substituents is 1. The van der Waals surface area contributed by atoms with Crippen molar-refractivity contribution in [1.29, 1.82) is 0 Å². The second-order valence-corrected chi connectivity index (χ2v) is 12.1. The maximum atomic E-state index is 11.2. The molecule has 5 nitrogen and oxygen atoms in total. The molecule has 0 bridgehead atoms. The molecule has 21 heavy (non-hydrogen) atoms. The van der Waals surface area contributed by atoms with Gasteiger partial charge < -0.3 is 9.80 Å². The molecule has 1 aromatic carbocycles. The first kappa shape index (κ1) is 17.8. The van der Waals surface area contributed by atoms with Gasteiger partial charge in [-0.1, -0.05) is 24.8 Å². The first-order valence-corrected chi connectivity index (χ1v) is 10.6. The zero-order valence-corrected chi connectivity index (χ0v) is 15.2. The first-order chi connectivity index (χ1) is 9.52. The summed E-state index contributed by atoms with van der Waals surface area (Å²) in [5, 5.41) is 12.6. The van der Waals surface area contributed by atoms with Crippen LogP contribution in [0.1, 0.15) is 11.1 Å². The van der Waals surface area contributed by atoms with Gasteiger partial charge in [-0.2, -0.15) is 0 Å². The SMILES string of the molecule is CN(C)Cc1cc([N+](=O)[O-])cc(CN(C)C)c1[Si](C)(C)C. The van der Waals surface area contributed by atoms with Gasteiger partial charge in [0, 0.05) is 25.2 Å². The highest BCUT2D eigenvalue weighted by Gasteiger charge is 2.27. The van der Waals surface area contributed by atoms with Gasteiger partial charge >= 0.3 is 0 Å². The first-order valence-electron chi connectivity index (χ1n) is 7.12. The van der Waals surface area contributed by atoms with Crippen LogP contribution in [0.4, 0.5) is 5.69 Å². The Morgan fingerprint density at radius 1 is 1.00 bits per heavy atom. The molecule has 0 aromatic heterocycles. The van der Waals surface area contributed by atoms with Crippen molar-refractivity contribution in [3.63, 3.8) is 0 Å². The fraction of sp³-hybridized carbons (Fsp3) is 0.600. The molecule has 0 saturated heterocycles. The Bertz CT molecular complexity index is 491. The molecule has 0 aliphatic heterocycles. The Kier molecular flexibility index (Phi) is 5.66. The highest BCUT2D eigenvalue weighted by atomic mass is 28.3. The van der Waals surface area contributed by atoms with E-state index in [9.17, 15) is 10.1 Å². The number of rotatable bonds is 6. The number of hydrogen-bond acceptors (Lipinski definition) is 4. The van der Waals surface area contributed by atoms with Crippen molar-refractivity contribution in [2.45, 2.75) is 32.7 Å². The zero-order valence-electron chi connectivity index (χ0n) is 14.2. The molecule has 0 aliphatic rings. The number of benzene rings is 1. The molecule has 0 aliphatic carbocycles. The van der Waals surface area contributed by atoms with Crippen LogP contribution in [0.5, 0.6) is 0 Å². The van der Waals surface area contributed by atoms with E-state index in [1.807, 2.05) is 28.2 Å². The predicted molar refractivity (Wildman–Crippen MR) is 90.9 cm³/mol. The Hall–Kier alpha value is -1.24. The molecule has 0 saturated carbocycles. The molecule has 0 heterocycles. The topological polar surface area (TPSA) is 49.6 Å². The highest BCUT2D eigenvalue weighted by Crippen LogP contribution is 2.21. The maximum Gasteiger partial charge on any atom is 0.270 e. The monoisotopic (exact) mass is 309 g/mol. The van der Waals surface area contributed by atoms with E-state index in [-0.39, 0.29) is 10.6 Å². The van der Waals surface area contributed by atoms with Crippen molar-refractivity contribution < 1.29 is 4.92 Å². The van der Waals surface area contributed by atoms with Crippen LogP contribution in [0.15, 0.2) is 12.1 Å². The van der Waals surface area contributed by atoms with Gasteiger partial charge in [0.15, 0.2) is 0 Å². The van der Waals surface area contributed by atoms with Crippen LogP contribution in [0.25, 0.3) is 0 Å². The van der Waals surface area contributed by atoms with E-state index in [4.69, 9.17) is 0 Å². The molecule has 118 valence electrons. The molecular weight excluding hydrogens is 282 g/mol. The van der Waals surface area contributed by atoms with Crippen LogP contribution < -0.4 is 5.19 Å². The molecule has 0 unspecified atom stereocenters. The van der Waals surface area contributed by atoms with Crippen LogP contribution in [-0.4, -0.2) is 51.0 Å². The lowest BCUT2D eigenvalue weighted by Gasteiger charge is -2.27. The van der Waals surface area contributed by atoms with Crippen LogP contribution in [0, 0.1) is 10.1 Å². The lowest BCUT2D eigenvalue weighted by molar-refractivity contribution is -0.385. The van der Waals surface area contributed by atoms with E-state index in [1.165, 1.54) is 5.19 Å². The quantitative estimate of drug-likeness (QED) is 0.459. The minimum absolute atomic E-state index is 0.200. The molecule has 0 amide bonds. The molecular formula is C15H27N3O2Si. The van der Waals surface area contributed by atoms with E-state index in [0.717, 1.165) is 24.2 Å². The molecule has 1 rings (SSSR count). The normalized spacial score (nSPS) is 12.2. The van der Waals surface area contributed by atoms with Crippen molar-refractivity contribution in [1.82, 2.24) is 9.80 Å². The van der Waals surface area contributed by atoms with E-state index < -0.39 is 8.07 Å². The molecule has 0 spiro atoms. The second-order valence-electron chi connectivity index (χ2n) is 7.12. The number of nitrogens with zero attached hydrogens (tertiary/aromatic N) is 3. The number of nitro groups is 1. The van der Waals surface area contributed by atoms with Crippen molar-refractivity contribution in [2.75, 3.05) is 28.2 Å². The second kappa shape index (κ2) is 6.68. The van der Waals surface area contributed by atoms with Crippen LogP contribution in [0.2, 0.25) is 19.6 Å². The number of nitro benzene ring substituents is 1. The summed E-state index contributed by atoms with van der Waals surface area (Å²) in [6.45, 7) is 8.37. The van der Waals surface area contributed by atoms with Gasteiger partial charge in [0.1, 0.15) is 0 Å².